The lowest BCUT2D eigenvalue weighted by Gasteiger charge is -2.17. The van der Waals surface area contributed by atoms with Crippen molar-refractivity contribution in [3.63, 3.8) is 0 Å². The highest BCUT2D eigenvalue weighted by atomic mass is 16.2. The Labute approximate surface area is 90.0 Å². The lowest BCUT2D eigenvalue weighted by atomic mass is 10.2. The van der Waals surface area contributed by atoms with Crippen LogP contribution in [-0.2, 0) is 9.59 Å². The van der Waals surface area contributed by atoms with Crippen LogP contribution in [0.1, 0.15) is 38.5 Å². The highest BCUT2D eigenvalue weighted by Gasteiger charge is 2.24. The van der Waals surface area contributed by atoms with Gasteiger partial charge >= 0.3 is 0 Å². The molecule has 0 aromatic rings. The molecule has 1 aliphatic heterocycles. The standard InChI is InChI=1S/C11H18N2O2/c14-10(12-9-4-1-2-5-9)8-13-7-3-6-11(13)15/h9H,1-8H2,(H,12,14). The van der Waals surface area contributed by atoms with E-state index in [0.29, 0.717) is 12.5 Å². The molecule has 0 spiro atoms. The highest BCUT2D eigenvalue weighted by Crippen LogP contribution is 2.17. The van der Waals surface area contributed by atoms with Gasteiger partial charge in [0.25, 0.3) is 0 Å². The molecule has 0 atom stereocenters. The second kappa shape index (κ2) is 4.64. The summed E-state index contributed by atoms with van der Waals surface area (Å²) in [6.07, 6.45) is 6.13. The van der Waals surface area contributed by atoms with Crippen LogP contribution in [0.25, 0.3) is 0 Å². The van der Waals surface area contributed by atoms with E-state index in [-0.39, 0.29) is 18.4 Å². The van der Waals surface area contributed by atoms with E-state index in [1.165, 1.54) is 12.8 Å². The summed E-state index contributed by atoms with van der Waals surface area (Å²) in [7, 11) is 0. The Morgan fingerprint density at radius 2 is 2.07 bits per heavy atom. The zero-order valence-electron chi connectivity index (χ0n) is 9.00. The first-order valence-electron chi connectivity index (χ1n) is 5.83. The Kier molecular flexibility index (Phi) is 3.23. The smallest absolute Gasteiger partial charge is 0.239 e. The van der Waals surface area contributed by atoms with Crippen molar-refractivity contribution in [3.05, 3.63) is 0 Å². The molecule has 4 heteroatoms. The molecular formula is C11H18N2O2. The average molecular weight is 210 g/mol. The van der Waals surface area contributed by atoms with E-state index in [0.717, 1.165) is 25.8 Å². The topological polar surface area (TPSA) is 49.4 Å². The van der Waals surface area contributed by atoms with Crippen molar-refractivity contribution in [1.29, 1.82) is 0 Å². The third-order valence-electron chi connectivity index (χ3n) is 3.23. The van der Waals surface area contributed by atoms with Crippen molar-refractivity contribution >= 4 is 11.8 Å². The van der Waals surface area contributed by atoms with Crippen molar-refractivity contribution in [2.45, 2.75) is 44.6 Å². The van der Waals surface area contributed by atoms with Gasteiger partial charge in [0.1, 0.15) is 0 Å². The van der Waals surface area contributed by atoms with E-state index in [2.05, 4.69) is 5.32 Å². The second-order valence-corrected chi connectivity index (χ2v) is 4.47. The van der Waals surface area contributed by atoms with Gasteiger partial charge in [-0.25, -0.2) is 0 Å². The van der Waals surface area contributed by atoms with Crippen LogP contribution in [0, 0.1) is 0 Å². The van der Waals surface area contributed by atoms with Crippen molar-refractivity contribution in [2.24, 2.45) is 0 Å². The van der Waals surface area contributed by atoms with Crippen LogP contribution in [0.15, 0.2) is 0 Å². The number of carbonyl (C=O) groups is 2. The second-order valence-electron chi connectivity index (χ2n) is 4.47. The van der Waals surface area contributed by atoms with Crippen LogP contribution in [0.2, 0.25) is 0 Å². The summed E-state index contributed by atoms with van der Waals surface area (Å²) >= 11 is 0. The van der Waals surface area contributed by atoms with E-state index in [4.69, 9.17) is 0 Å². The number of rotatable bonds is 3. The fourth-order valence-electron chi connectivity index (χ4n) is 2.39. The summed E-state index contributed by atoms with van der Waals surface area (Å²) < 4.78 is 0. The monoisotopic (exact) mass is 210 g/mol. The van der Waals surface area contributed by atoms with Crippen molar-refractivity contribution < 1.29 is 9.59 Å². The fraction of sp³-hybridized carbons (Fsp3) is 0.818. The van der Waals surface area contributed by atoms with E-state index >= 15 is 0 Å². The molecule has 0 unspecified atom stereocenters. The van der Waals surface area contributed by atoms with Gasteiger partial charge in [-0.2, -0.15) is 0 Å². The van der Waals surface area contributed by atoms with Gasteiger partial charge in [0.15, 0.2) is 0 Å². The molecule has 1 aliphatic carbocycles. The van der Waals surface area contributed by atoms with Crippen molar-refractivity contribution in [1.82, 2.24) is 10.2 Å². The molecule has 2 amide bonds. The Morgan fingerprint density at radius 3 is 2.67 bits per heavy atom. The zero-order chi connectivity index (χ0) is 10.7. The quantitative estimate of drug-likeness (QED) is 0.744. The maximum absolute atomic E-state index is 11.6. The summed E-state index contributed by atoms with van der Waals surface area (Å²) in [6, 6.07) is 0.357. The Balaban J connectivity index is 1.74. The molecule has 1 N–H and O–H groups in total. The van der Waals surface area contributed by atoms with Crippen LogP contribution in [-0.4, -0.2) is 35.8 Å². The fourth-order valence-corrected chi connectivity index (χ4v) is 2.39. The van der Waals surface area contributed by atoms with Gasteiger partial charge in [0.2, 0.25) is 11.8 Å². The van der Waals surface area contributed by atoms with Crippen LogP contribution in [0.5, 0.6) is 0 Å². The number of nitrogens with one attached hydrogen (secondary N) is 1. The molecule has 0 radical (unpaired) electrons. The molecule has 4 nitrogen and oxygen atoms in total. The molecule has 1 saturated heterocycles. The zero-order valence-corrected chi connectivity index (χ0v) is 9.00. The Bertz CT molecular complexity index is 259. The van der Waals surface area contributed by atoms with Crippen LogP contribution >= 0.6 is 0 Å². The first-order valence-corrected chi connectivity index (χ1v) is 5.83. The molecule has 1 heterocycles. The predicted molar refractivity (Wildman–Crippen MR) is 56.2 cm³/mol. The van der Waals surface area contributed by atoms with Crippen molar-refractivity contribution in [3.8, 4) is 0 Å². The van der Waals surface area contributed by atoms with Gasteiger partial charge in [0.05, 0.1) is 6.54 Å². The first kappa shape index (κ1) is 10.5. The van der Waals surface area contributed by atoms with Gasteiger partial charge in [-0.15, -0.1) is 0 Å². The molecule has 2 rings (SSSR count). The third kappa shape index (κ3) is 2.70. The summed E-state index contributed by atoms with van der Waals surface area (Å²) in [5.41, 5.74) is 0. The Morgan fingerprint density at radius 1 is 1.33 bits per heavy atom. The van der Waals surface area contributed by atoms with Crippen LogP contribution in [0.4, 0.5) is 0 Å². The average Bonchev–Trinajstić information content (AvgIpc) is 2.79. The number of carbonyl (C=O) groups excluding carboxylic acids is 2. The SMILES string of the molecule is O=C(CN1CCCC1=O)NC1CCCC1. The van der Waals surface area contributed by atoms with E-state index in [1.807, 2.05) is 0 Å². The maximum atomic E-state index is 11.6. The minimum Gasteiger partial charge on any atom is -0.352 e. The molecular weight excluding hydrogens is 192 g/mol. The molecule has 2 fully saturated rings. The van der Waals surface area contributed by atoms with Gasteiger partial charge < -0.3 is 10.2 Å². The van der Waals surface area contributed by atoms with Crippen LogP contribution in [0.3, 0.4) is 0 Å². The number of hydrogen-bond acceptors (Lipinski definition) is 2. The summed E-state index contributed by atoms with van der Waals surface area (Å²) in [6.45, 7) is 1.01. The van der Waals surface area contributed by atoms with Gasteiger partial charge in [-0.05, 0) is 19.3 Å². The molecule has 84 valence electrons. The number of amides is 2. The summed E-state index contributed by atoms with van der Waals surface area (Å²) in [4.78, 5) is 24.5. The first-order chi connectivity index (χ1) is 7.25. The third-order valence-corrected chi connectivity index (χ3v) is 3.23. The molecule has 1 saturated carbocycles. The normalized spacial score (nSPS) is 22.4. The highest BCUT2D eigenvalue weighted by molar-refractivity contribution is 5.85. The maximum Gasteiger partial charge on any atom is 0.239 e. The minimum absolute atomic E-state index is 0.0113. The number of nitrogens with zero attached hydrogens (tertiary/aromatic N) is 1. The van der Waals surface area contributed by atoms with E-state index in [9.17, 15) is 9.59 Å². The molecule has 0 bridgehead atoms. The lowest BCUT2D eigenvalue weighted by molar-refractivity contribution is -0.133. The number of likely N-dealkylation sites (tertiary alicyclic amines) is 1. The lowest BCUT2D eigenvalue weighted by Crippen LogP contribution is -2.41. The van der Waals surface area contributed by atoms with Gasteiger partial charge in [-0.1, -0.05) is 12.8 Å². The summed E-state index contributed by atoms with van der Waals surface area (Å²) in [5, 5.41) is 2.99. The van der Waals surface area contributed by atoms with Crippen LogP contribution < -0.4 is 5.32 Å². The summed E-state index contributed by atoms with van der Waals surface area (Å²) in [5.74, 6) is 0.133. The Hall–Kier alpha value is -1.06. The van der Waals surface area contributed by atoms with E-state index in [1.54, 1.807) is 4.90 Å². The van der Waals surface area contributed by atoms with Crippen molar-refractivity contribution in [2.75, 3.05) is 13.1 Å². The molecule has 0 aromatic heterocycles. The van der Waals surface area contributed by atoms with E-state index < -0.39 is 0 Å². The molecule has 15 heavy (non-hydrogen) atoms. The van der Waals surface area contributed by atoms with Gasteiger partial charge in [0, 0.05) is 19.0 Å². The molecule has 2 aliphatic rings. The predicted octanol–water partition coefficient (Wildman–Crippen LogP) is 0.668. The minimum atomic E-state index is 0.0113. The largest absolute Gasteiger partial charge is 0.352 e. The number of hydrogen-bond donors (Lipinski definition) is 1. The van der Waals surface area contributed by atoms with Gasteiger partial charge in [-0.3, -0.25) is 9.59 Å². The molecule has 0 aromatic carbocycles.